The Balaban J connectivity index is 1.93. The molecule has 0 amide bonds. The molecule has 4 nitrogen and oxygen atoms in total. The first kappa shape index (κ1) is 14.8. The molecule has 1 aromatic heterocycles. The van der Waals surface area contributed by atoms with Crippen molar-refractivity contribution in [3.63, 3.8) is 0 Å². The second-order valence-electron chi connectivity index (χ2n) is 4.53. The van der Waals surface area contributed by atoms with Gasteiger partial charge in [-0.2, -0.15) is 4.37 Å². The largest absolute Gasteiger partial charge is 0.382 e. The van der Waals surface area contributed by atoms with Crippen molar-refractivity contribution in [3.8, 4) is 11.1 Å². The second-order valence-corrected chi connectivity index (χ2v) is 5.30. The van der Waals surface area contributed by atoms with Crippen LogP contribution in [0.4, 0.5) is 10.8 Å². The van der Waals surface area contributed by atoms with Crippen molar-refractivity contribution in [2.24, 2.45) is 0 Å². The van der Waals surface area contributed by atoms with Gasteiger partial charge in [0, 0.05) is 19.8 Å². The van der Waals surface area contributed by atoms with E-state index in [0.29, 0.717) is 5.82 Å². The second kappa shape index (κ2) is 7.87. The predicted molar refractivity (Wildman–Crippen MR) is 86.2 cm³/mol. The number of hydrogen-bond acceptors (Lipinski definition) is 5. The smallest absolute Gasteiger partial charge is 0.147 e. The quantitative estimate of drug-likeness (QED) is 0.729. The summed E-state index contributed by atoms with van der Waals surface area (Å²) < 4.78 is 9.71. The number of anilines is 2. The Kier molecular flexibility index (Phi) is 5.83. The molecule has 108 valence electrons. The Hall–Kier alpha value is -1.59. The van der Waals surface area contributed by atoms with Gasteiger partial charge in [0.2, 0.25) is 0 Å². The monoisotopic (exact) mass is 291 g/mol. The fourth-order valence-electron chi connectivity index (χ4n) is 1.93. The van der Waals surface area contributed by atoms with E-state index in [9.17, 15) is 0 Å². The summed E-state index contributed by atoms with van der Waals surface area (Å²) in [6.07, 6.45) is 2.04. The van der Waals surface area contributed by atoms with Crippen LogP contribution in [0.1, 0.15) is 19.8 Å². The van der Waals surface area contributed by atoms with Crippen LogP contribution in [0, 0.1) is 0 Å². The lowest BCUT2D eigenvalue weighted by atomic mass is 10.1. The van der Waals surface area contributed by atoms with Crippen LogP contribution in [0.2, 0.25) is 0 Å². The van der Waals surface area contributed by atoms with Gasteiger partial charge in [-0.25, -0.2) is 0 Å². The maximum atomic E-state index is 5.98. The number of nitrogens with one attached hydrogen (secondary N) is 1. The first-order chi connectivity index (χ1) is 9.83. The lowest BCUT2D eigenvalue weighted by Gasteiger charge is -2.07. The number of nitrogens with zero attached hydrogens (tertiary/aromatic N) is 1. The molecule has 3 N–H and O–H groups in total. The van der Waals surface area contributed by atoms with Gasteiger partial charge in [-0.3, -0.25) is 0 Å². The molecule has 2 aromatic rings. The molecular formula is C15H21N3OS. The molecular weight excluding hydrogens is 270 g/mol. The molecule has 0 aliphatic rings. The summed E-state index contributed by atoms with van der Waals surface area (Å²) in [4.78, 5) is 0. The van der Waals surface area contributed by atoms with Gasteiger partial charge in [-0.1, -0.05) is 37.3 Å². The lowest BCUT2D eigenvalue weighted by Crippen LogP contribution is -2.06. The number of nitrogen functional groups attached to an aromatic ring is 1. The third-order valence-electron chi connectivity index (χ3n) is 2.88. The van der Waals surface area contributed by atoms with Crippen LogP contribution in [-0.4, -0.2) is 24.1 Å². The van der Waals surface area contributed by atoms with E-state index in [2.05, 4.69) is 28.7 Å². The minimum absolute atomic E-state index is 0.589. The highest BCUT2D eigenvalue weighted by Crippen LogP contribution is 2.36. The Morgan fingerprint density at radius 1 is 1.25 bits per heavy atom. The average molecular weight is 291 g/mol. The highest BCUT2D eigenvalue weighted by Gasteiger charge is 2.12. The summed E-state index contributed by atoms with van der Waals surface area (Å²) in [7, 11) is 0. The number of benzene rings is 1. The van der Waals surface area contributed by atoms with E-state index in [0.717, 1.165) is 48.7 Å². The SMILES string of the molecule is CCCOCCCNc1snc(N)c1-c1ccccc1. The Morgan fingerprint density at radius 3 is 2.80 bits per heavy atom. The zero-order chi connectivity index (χ0) is 14.2. The van der Waals surface area contributed by atoms with Gasteiger partial charge < -0.3 is 15.8 Å². The number of rotatable bonds is 8. The third-order valence-corrected chi connectivity index (χ3v) is 3.70. The van der Waals surface area contributed by atoms with Gasteiger partial charge in [0.25, 0.3) is 0 Å². The summed E-state index contributed by atoms with van der Waals surface area (Å²) >= 11 is 1.41. The highest BCUT2D eigenvalue weighted by atomic mass is 32.1. The number of aromatic nitrogens is 1. The predicted octanol–water partition coefficient (Wildman–Crippen LogP) is 3.62. The molecule has 0 aliphatic carbocycles. The molecule has 0 fully saturated rings. The summed E-state index contributed by atoms with van der Waals surface area (Å²) in [5.41, 5.74) is 8.08. The van der Waals surface area contributed by atoms with Crippen LogP contribution in [0.3, 0.4) is 0 Å². The van der Waals surface area contributed by atoms with E-state index in [1.807, 2.05) is 18.2 Å². The van der Waals surface area contributed by atoms with Crippen molar-refractivity contribution in [2.75, 3.05) is 30.8 Å². The maximum absolute atomic E-state index is 5.98. The number of nitrogens with two attached hydrogens (primary N) is 1. The summed E-state index contributed by atoms with van der Waals surface area (Å²) in [5, 5.41) is 4.44. The zero-order valence-electron chi connectivity index (χ0n) is 11.8. The number of hydrogen-bond donors (Lipinski definition) is 2. The van der Waals surface area contributed by atoms with Crippen LogP contribution < -0.4 is 11.1 Å². The fourth-order valence-corrected chi connectivity index (χ4v) is 2.69. The molecule has 0 saturated carbocycles. The molecule has 0 saturated heterocycles. The van der Waals surface area contributed by atoms with Crippen LogP contribution in [0.15, 0.2) is 30.3 Å². The Bertz CT molecular complexity index is 513. The van der Waals surface area contributed by atoms with Crippen molar-refractivity contribution in [1.82, 2.24) is 4.37 Å². The molecule has 0 spiro atoms. The molecule has 20 heavy (non-hydrogen) atoms. The molecule has 0 radical (unpaired) electrons. The Morgan fingerprint density at radius 2 is 2.05 bits per heavy atom. The van der Waals surface area contributed by atoms with Gasteiger partial charge in [0.15, 0.2) is 0 Å². The highest BCUT2D eigenvalue weighted by molar-refractivity contribution is 7.11. The molecule has 5 heteroatoms. The molecule has 0 unspecified atom stereocenters. The standard InChI is InChI=1S/C15H21N3OS/c1-2-10-19-11-6-9-17-15-13(14(16)18-20-15)12-7-4-3-5-8-12/h3-5,7-8,17H,2,6,9-11H2,1H3,(H2,16,18). The van der Waals surface area contributed by atoms with E-state index in [1.54, 1.807) is 0 Å². The average Bonchev–Trinajstić information content (AvgIpc) is 2.84. The first-order valence-corrected chi connectivity index (χ1v) is 7.72. The van der Waals surface area contributed by atoms with Crippen molar-refractivity contribution in [1.29, 1.82) is 0 Å². The van der Waals surface area contributed by atoms with Gasteiger partial charge in [0.05, 0.1) is 5.56 Å². The number of ether oxygens (including phenoxy) is 1. The lowest BCUT2D eigenvalue weighted by molar-refractivity contribution is 0.134. The Labute approximate surface area is 124 Å². The van der Waals surface area contributed by atoms with Crippen LogP contribution in [0.5, 0.6) is 0 Å². The summed E-state index contributed by atoms with van der Waals surface area (Å²) in [6.45, 7) is 4.61. The van der Waals surface area contributed by atoms with E-state index in [-0.39, 0.29) is 0 Å². The van der Waals surface area contributed by atoms with Crippen LogP contribution in [-0.2, 0) is 4.74 Å². The minimum atomic E-state index is 0.589. The molecule has 0 bridgehead atoms. The van der Waals surface area contributed by atoms with Crippen LogP contribution >= 0.6 is 11.5 Å². The normalized spacial score (nSPS) is 10.7. The van der Waals surface area contributed by atoms with Gasteiger partial charge in [0.1, 0.15) is 10.8 Å². The van der Waals surface area contributed by atoms with Crippen molar-refractivity contribution in [2.45, 2.75) is 19.8 Å². The van der Waals surface area contributed by atoms with E-state index < -0.39 is 0 Å². The zero-order valence-corrected chi connectivity index (χ0v) is 12.6. The maximum Gasteiger partial charge on any atom is 0.147 e. The van der Waals surface area contributed by atoms with E-state index >= 15 is 0 Å². The molecule has 2 rings (SSSR count). The first-order valence-electron chi connectivity index (χ1n) is 6.95. The summed E-state index contributed by atoms with van der Waals surface area (Å²) in [5.74, 6) is 0.589. The topological polar surface area (TPSA) is 60.2 Å². The van der Waals surface area contributed by atoms with Crippen molar-refractivity contribution >= 4 is 22.4 Å². The third kappa shape index (κ3) is 3.95. The molecule has 1 heterocycles. The van der Waals surface area contributed by atoms with E-state index in [4.69, 9.17) is 10.5 Å². The van der Waals surface area contributed by atoms with Gasteiger partial charge in [-0.05, 0) is 29.9 Å². The molecule has 0 aliphatic heterocycles. The van der Waals surface area contributed by atoms with Crippen LogP contribution in [0.25, 0.3) is 11.1 Å². The van der Waals surface area contributed by atoms with Crippen molar-refractivity contribution < 1.29 is 4.74 Å². The molecule has 0 atom stereocenters. The minimum Gasteiger partial charge on any atom is -0.382 e. The van der Waals surface area contributed by atoms with Crippen molar-refractivity contribution in [3.05, 3.63) is 30.3 Å². The summed E-state index contributed by atoms with van der Waals surface area (Å²) in [6, 6.07) is 10.1. The molecule has 1 aromatic carbocycles. The van der Waals surface area contributed by atoms with Gasteiger partial charge >= 0.3 is 0 Å². The van der Waals surface area contributed by atoms with Gasteiger partial charge in [-0.15, -0.1) is 0 Å². The van der Waals surface area contributed by atoms with E-state index in [1.165, 1.54) is 11.5 Å². The fraction of sp³-hybridized carbons (Fsp3) is 0.400.